The number of benzene rings is 10. The van der Waals surface area contributed by atoms with Gasteiger partial charge in [-0.1, -0.05) is 133 Å². The Morgan fingerprint density at radius 3 is 0.843 bits per heavy atom. The van der Waals surface area contributed by atoms with Crippen LogP contribution in [-0.2, 0) is 9.84 Å². The molecule has 8 heteroatoms. The van der Waals surface area contributed by atoms with Crippen LogP contribution in [0.2, 0.25) is 0 Å². The summed E-state index contributed by atoms with van der Waals surface area (Å²) in [5, 5.41) is 3.88. The number of aryl methyl sites for hydroxylation is 2. The number of anilines is 14. The fraction of sp³-hybridized carbons (Fsp3) is 0.0323. The number of hydrogen-bond acceptors (Lipinski definition) is 7. The van der Waals surface area contributed by atoms with E-state index in [1.165, 1.54) is 0 Å². The Balaban J connectivity index is 1.25. The summed E-state index contributed by atoms with van der Waals surface area (Å²) in [6.45, 7) is 4.14. The van der Waals surface area contributed by atoms with Gasteiger partial charge in [-0.05, 0) is 146 Å². The Labute approximate surface area is 410 Å². The Kier molecular flexibility index (Phi) is 11.7. The molecule has 0 fully saturated rings. The van der Waals surface area contributed by atoms with Crippen LogP contribution in [0.4, 0.5) is 79.6 Å². The van der Waals surface area contributed by atoms with Crippen molar-refractivity contribution in [3.05, 3.63) is 266 Å². The molecule has 0 aliphatic carbocycles. The quantitative estimate of drug-likeness (QED) is 0.131. The lowest BCUT2D eigenvalue weighted by molar-refractivity contribution is 0.596. The van der Waals surface area contributed by atoms with Crippen molar-refractivity contribution in [2.24, 2.45) is 0 Å². The van der Waals surface area contributed by atoms with Gasteiger partial charge in [0.05, 0.1) is 32.5 Å². The predicted octanol–water partition coefficient (Wildman–Crippen LogP) is 17.1. The summed E-state index contributed by atoms with van der Waals surface area (Å²) in [6.07, 6.45) is 0. The zero-order valence-electron chi connectivity index (χ0n) is 38.8. The van der Waals surface area contributed by atoms with Gasteiger partial charge in [-0.2, -0.15) is 0 Å². The van der Waals surface area contributed by atoms with E-state index in [0.717, 1.165) is 56.6 Å². The highest BCUT2D eigenvalue weighted by Gasteiger charge is 2.38. The molecule has 0 amide bonds. The highest BCUT2D eigenvalue weighted by molar-refractivity contribution is 7.92. The van der Waals surface area contributed by atoms with Crippen molar-refractivity contribution >= 4 is 89.5 Å². The van der Waals surface area contributed by atoms with Gasteiger partial charge in [0.1, 0.15) is 0 Å². The molecular formula is C62H49N5O2S. The lowest BCUT2D eigenvalue weighted by Crippen LogP contribution is -2.23. The van der Waals surface area contributed by atoms with E-state index in [1.807, 2.05) is 133 Å². The first-order valence-electron chi connectivity index (χ1n) is 23.3. The first kappa shape index (κ1) is 43.7. The maximum atomic E-state index is 16.5. The highest BCUT2D eigenvalue weighted by atomic mass is 32.2. The average molecular weight is 928 g/mol. The molecule has 1 N–H and O–H groups in total. The number of sulfone groups is 1. The van der Waals surface area contributed by atoms with Gasteiger partial charge in [-0.3, -0.25) is 0 Å². The van der Waals surface area contributed by atoms with Crippen LogP contribution in [0.5, 0.6) is 0 Å². The van der Waals surface area contributed by atoms with E-state index in [2.05, 4.69) is 160 Å². The van der Waals surface area contributed by atoms with E-state index in [-0.39, 0.29) is 9.79 Å². The van der Waals surface area contributed by atoms with Crippen molar-refractivity contribution in [3.63, 3.8) is 0 Å². The summed E-state index contributed by atoms with van der Waals surface area (Å²) in [7, 11) is -4.37. The molecule has 1 aliphatic rings. The Morgan fingerprint density at radius 1 is 0.286 bits per heavy atom. The van der Waals surface area contributed by atoms with Gasteiger partial charge in [0, 0.05) is 56.9 Å². The molecule has 0 spiro atoms. The monoisotopic (exact) mass is 927 g/mol. The summed E-state index contributed by atoms with van der Waals surface area (Å²) in [5.41, 5.74) is 12.7. The van der Waals surface area contributed by atoms with Crippen molar-refractivity contribution in [1.29, 1.82) is 0 Å². The molecular weight excluding hydrogens is 879 g/mol. The molecule has 0 unspecified atom stereocenters. The van der Waals surface area contributed by atoms with Crippen LogP contribution in [0.1, 0.15) is 11.1 Å². The molecule has 10 aromatic carbocycles. The van der Waals surface area contributed by atoms with E-state index >= 15 is 8.42 Å². The SMILES string of the molecule is Cc1cccc(N(c2ccccc2)c2cc(N(c3ccccc3)c3ccccc3)c3c(c2)S(=O)(=O)c2cc(N(c4ccccc4)c4cccc(C)c4)cc(N(c4ccccc4)c4ccccc4)c2N3)c1. The molecule has 0 atom stereocenters. The van der Waals surface area contributed by atoms with Gasteiger partial charge >= 0.3 is 0 Å². The third-order valence-corrected chi connectivity index (χ3v) is 14.4. The first-order valence-corrected chi connectivity index (χ1v) is 24.8. The second kappa shape index (κ2) is 18.7. The van der Waals surface area contributed by atoms with Gasteiger partial charge in [0.2, 0.25) is 9.84 Å². The molecule has 10 aromatic rings. The third-order valence-electron chi connectivity index (χ3n) is 12.6. The van der Waals surface area contributed by atoms with Crippen LogP contribution in [0, 0.1) is 13.8 Å². The molecule has 0 saturated heterocycles. The molecule has 340 valence electrons. The average Bonchev–Trinajstić information content (AvgIpc) is 3.39. The van der Waals surface area contributed by atoms with Gasteiger partial charge in [-0.15, -0.1) is 0 Å². The number of hydrogen-bond donors (Lipinski definition) is 1. The van der Waals surface area contributed by atoms with E-state index in [0.29, 0.717) is 34.1 Å². The molecule has 11 rings (SSSR count). The summed E-state index contributed by atoms with van der Waals surface area (Å²) in [6, 6.07) is 85.2. The second-order valence-corrected chi connectivity index (χ2v) is 19.2. The summed E-state index contributed by atoms with van der Waals surface area (Å²) < 4.78 is 33.0. The first-order chi connectivity index (χ1) is 34.3. The highest BCUT2D eigenvalue weighted by Crippen LogP contribution is 2.56. The van der Waals surface area contributed by atoms with Crippen molar-refractivity contribution in [1.82, 2.24) is 0 Å². The van der Waals surface area contributed by atoms with Crippen molar-refractivity contribution < 1.29 is 8.42 Å². The normalized spacial score (nSPS) is 12.2. The van der Waals surface area contributed by atoms with Gasteiger partial charge in [0.25, 0.3) is 0 Å². The number of nitrogens with zero attached hydrogens (tertiary/aromatic N) is 4. The number of fused-ring (bicyclic) bond motifs is 2. The molecule has 0 aromatic heterocycles. The van der Waals surface area contributed by atoms with E-state index in [9.17, 15) is 0 Å². The van der Waals surface area contributed by atoms with Crippen LogP contribution < -0.4 is 24.9 Å². The van der Waals surface area contributed by atoms with E-state index in [4.69, 9.17) is 0 Å². The van der Waals surface area contributed by atoms with E-state index in [1.54, 1.807) is 0 Å². The van der Waals surface area contributed by atoms with Crippen LogP contribution in [-0.4, -0.2) is 8.42 Å². The second-order valence-electron chi connectivity index (χ2n) is 17.3. The van der Waals surface area contributed by atoms with Gasteiger partial charge < -0.3 is 24.9 Å². The predicted molar refractivity (Wildman–Crippen MR) is 290 cm³/mol. The molecule has 70 heavy (non-hydrogen) atoms. The van der Waals surface area contributed by atoms with Crippen LogP contribution in [0.15, 0.2) is 265 Å². The lowest BCUT2D eigenvalue weighted by atomic mass is 10.1. The standard InChI is InChI=1S/C62H49N5O2S/c1-45-23-21-37-53(39-45)64(47-25-9-3-10-26-47)55-41-57(66(49-29-13-5-14-30-49)50-31-15-6-16-32-50)61-59(43-55)70(68,69)60-44-56(65(48-27-11-4-12-28-48)54-38-22-24-46(2)40-54)42-58(62(60)63-61)67(51-33-17-7-18-34-51)52-35-19-8-20-36-52/h3-44,63H,1-2H3. The van der Waals surface area contributed by atoms with E-state index < -0.39 is 9.84 Å². The number of rotatable bonds is 12. The Bertz CT molecular complexity index is 3250. The molecule has 1 aliphatic heterocycles. The number of nitrogens with one attached hydrogen (secondary N) is 1. The molecule has 0 bridgehead atoms. The van der Waals surface area contributed by atoms with Crippen molar-refractivity contribution in [3.8, 4) is 0 Å². The zero-order chi connectivity index (χ0) is 47.6. The summed E-state index contributed by atoms with van der Waals surface area (Å²) >= 11 is 0. The fourth-order valence-corrected chi connectivity index (χ4v) is 11.1. The Hall–Kier alpha value is -8.85. The molecule has 7 nitrogen and oxygen atoms in total. The maximum Gasteiger partial charge on any atom is 0.211 e. The maximum absolute atomic E-state index is 16.5. The number of para-hydroxylation sites is 6. The molecule has 0 radical (unpaired) electrons. The smallest absolute Gasteiger partial charge is 0.211 e. The minimum Gasteiger partial charge on any atom is -0.350 e. The molecule has 0 saturated carbocycles. The topological polar surface area (TPSA) is 59.1 Å². The fourth-order valence-electron chi connectivity index (χ4n) is 9.45. The minimum atomic E-state index is -4.37. The largest absolute Gasteiger partial charge is 0.350 e. The summed E-state index contributed by atoms with van der Waals surface area (Å²) in [4.78, 5) is 8.86. The van der Waals surface area contributed by atoms with Crippen molar-refractivity contribution in [2.75, 3.05) is 24.9 Å². The van der Waals surface area contributed by atoms with Gasteiger partial charge in [-0.25, -0.2) is 8.42 Å². The van der Waals surface area contributed by atoms with Crippen molar-refractivity contribution in [2.45, 2.75) is 23.6 Å². The van der Waals surface area contributed by atoms with Crippen LogP contribution in [0.25, 0.3) is 0 Å². The lowest BCUT2D eigenvalue weighted by Gasteiger charge is -2.37. The zero-order valence-corrected chi connectivity index (χ0v) is 39.6. The minimum absolute atomic E-state index is 0.147. The van der Waals surface area contributed by atoms with Crippen LogP contribution in [0.3, 0.4) is 0 Å². The summed E-state index contributed by atoms with van der Waals surface area (Å²) in [5.74, 6) is 0. The van der Waals surface area contributed by atoms with Gasteiger partial charge in [0.15, 0.2) is 0 Å². The van der Waals surface area contributed by atoms with Crippen LogP contribution >= 0.6 is 0 Å². The third kappa shape index (κ3) is 8.31. The Morgan fingerprint density at radius 2 is 0.557 bits per heavy atom. The molecule has 1 heterocycles.